The van der Waals surface area contributed by atoms with E-state index in [2.05, 4.69) is 33.0 Å². The van der Waals surface area contributed by atoms with Gasteiger partial charge in [0.25, 0.3) is 0 Å². The number of likely N-dealkylation sites (tertiary alicyclic amines) is 1. The summed E-state index contributed by atoms with van der Waals surface area (Å²) in [7, 11) is 1.71. The van der Waals surface area contributed by atoms with Crippen LogP contribution in [-0.2, 0) is 6.42 Å². The zero-order valence-electron chi connectivity index (χ0n) is 9.71. The molecule has 1 aliphatic rings. The van der Waals surface area contributed by atoms with E-state index < -0.39 is 0 Å². The minimum atomic E-state index is 0.930. The number of methoxy groups -OCH3 is 1. The third-order valence-corrected chi connectivity index (χ3v) is 4.06. The monoisotopic (exact) mass is 283 g/mol. The van der Waals surface area contributed by atoms with Gasteiger partial charge in [-0.05, 0) is 59.9 Å². The molecule has 0 atom stereocenters. The van der Waals surface area contributed by atoms with E-state index in [-0.39, 0.29) is 0 Å². The minimum absolute atomic E-state index is 0.930. The molecule has 0 aliphatic carbocycles. The van der Waals surface area contributed by atoms with Crippen molar-refractivity contribution in [1.82, 2.24) is 4.90 Å². The summed E-state index contributed by atoms with van der Waals surface area (Å²) in [5.41, 5.74) is 1.34. The number of rotatable bonds is 4. The molecule has 1 aliphatic heterocycles. The summed E-state index contributed by atoms with van der Waals surface area (Å²) in [5, 5.41) is 0. The average molecular weight is 284 g/mol. The van der Waals surface area contributed by atoms with Crippen molar-refractivity contribution in [3.8, 4) is 5.75 Å². The predicted molar refractivity (Wildman–Crippen MR) is 70.1 cm³/mol. The molecule has 2 nitrogen and oxygen atoms in total. The molecule has 0 radical (unpaired) electrons. The highest BCUT2D eigenvalue weighted by molar-refractivity contribution is 9.10. The number of halogens is 1. The second-order valence-corrected chi connectivity index (χ2v) is 5.03. The summed E-state index contributed by atoms with van der Waals surface area (Å²) < 4.78 is 6.41. The summed E-state index contributed by atoms with van der Waals surface area (Å²) in [6.07, 6.45) is 3.82. The average Bonchev–Trinajstić information content (AvgIpc) is 2.81. The van der Waals surface area contributed by atoms with Gasteiger partial charge in [-0.15, -0.1) is 0 Å². The Balaban J connectivity index is 1.97. The molecule has 3 heteroatoms. The Hall–Kier alpha value is -0.540. The fourth-order valence-electron chi connectivity index (χ4n) is 2.19. The second kappa shape index (κ2) is 5.69. The lowest BCUT2D eigenvalue weighted by molar-refractivity contribution is 0.343. The van der Waals surface area contributed by atoms with Gasteiger partial charge in [0.1, 0.15) is 5.75 Å². The Labute approximate surface area is 106 Å². The fourth-order valence-corrected chi connectivity index (χ4v) is 2.82. The van der Waals surface area contributed by atoms with Gasteiger partial charge in [0, 0.05) is 6.54 Å². The lowest BCUT2D eigenvalue weighted by Gasteiger charge is -2.15. The molecule has 2 rings (SSSR count). The smallest absolute Gasteiger partial charge is 0.133 e. The van der Waals surface area contributed by atoms with Gasteiger partial charge in [0.2, 0.25) is 0 Å². The fraction of sp³-hybridized carbons (Fsp3) is 0.538. The maximum Gasteiger partial charge on any atom is 0.133 e. The van der Waals surface area contributed by atoms with E-state index in [0.29, 0.717) is 0 Å². The van der Waals surface area contributed by atoms with Gasteiger partial charge in [-0.1, -0.05) is 12.1 Å². The topological polar surface area (TPSA) is 12.5 Å². The van der Waals surface area contributed by atoms with Gasteiger partial charge in [0.05, 0.1) is 11.6 Å². The van der Waals surface area contributed by atoms with Gasteiger partial charge in [-0.25, -0.2) is 0 Å². The van der Waals surface area contributed by atoms with Crippen molar-refractivity contribution in [2.24, 2.45) is 0 Å². The van der Waals surface area contributed by atoms with Crippen molar-refractivity contribution in [2.45, 2.75) is 19.3 Å². The van der Waals surface area contributed by atoms with Crippen molar-refractivity contribution < 1.29 is 4.74 Å². The first-order valence-electron chi connectivity index (χ1n) is 5.85. The lowest BCUT2D eigenvalue weighted by atomic mass is 10.1. The Morgan fingerprint density at radius 3 is 2.75 bits per heavy atom. The van der Waals surface area contributed by atoms with Gasteiger partial charge >= 0.3 is 0 Å². The molecular formula is C13H18BrNO. The molecule has 16 heavy (non-hydrogen) atoms. The molecule has 0 unspecified atom stereocenters. The summed E-state index contributed by atoms with van der Waals surface area (Å²) in [5.74, 6) is 0.930. The van der Waals surface area contributed by atoms with Crippen molar-refractivity contribution in [1.29, 1.82) is 0 Å². The van der Waals surface area contributed by atoms with Crippen LogP contribution in [0.15, 0.2) is 22.7 Å². The molecule has 0 N–H and O–H groups in total. The molecular weight excluding hydrogens is 266 g/mol. The van der Waals surface area contributed by atoms with Gasteiger partial charge < -0.3 is 9.64 Å². The molecule has 1 aromatic carbocycles. The van der Waals surface area contributed by atoms with Crippen molar-refractivity contribution in [3.05, 3.63) is 28.2 Å². The summed E-state index contributed by atoms with van der Waals surface area (Å²) in [6.45, 7) is 3.69. The maximum atomic E-state index is 5.30. The van der Waals surface area contributed by atoms with Crippen LogP contribution in [0.2, 0.25) is 0 Å². The standard InChI is InChI=1S/C13H18BrNO/c1-16-12-6-4-5-11(13(12)14)7-10-15-8-2-3-9-15/h4-6H,2-3,7-10H2,1H3. The number of hydrogen-bond acceptors (Lipinski definition) is 2. The summed E-state index contributed by atoms with van der Waals surface area (Å²) >= 11 is 3.61. The maximum absolute atomic E-state index is 5.30. The Bertz CT molecular complexity index is 348. The molecule has 0 amide bonds. The molecule has 1 saturated heterocycles. The van der Waals surface area contributed by atoms with E-state index in [9.17, 15) is 0 Å². The van der Waals surface area contributed by atoms with E-state index in [0.717, 1.165) is 23.2 Å². The van der Waals surface area contributed by atoms with Crippen LogP contribution in [-0.4, -0.2) is 31.6 Å². The SMILES string of the molecule is COc1cccc(CCN2CCCC2)c1Br. The highest BCUT2D eigenvalue weighted by Crippen LogP contribution is 2.28. The number of hydrogen-bond donors (Lipinski definition) is 0. The van der Waals surface area contributed by atoms with Gasteiger partial charge in [0.15, 0.2) is 0 Å². The van der Waals surface area contributed by atoms with Crippen molar-refractivity contribution >= 4 is 15.9 Å². The Morgan fingerprint density at radius 1 is 1.31 bits per heavy atom. The zero-order valence-corrected chi connectivity index (χ0v) is 11.3. The number of ether oxygens (including phenoxy) is 1. The second-order valence-electron chi connectivity index (χ2n) is 4.23. The molecule has 0 aromatic heterocycles. The first-order chi connectivity index (χ1) is 7.81. The first-order valence-corrected chi connectivity index (χ1v) is 6.64. The van der Waals surface area contributed by atoms with Gasteiger partial charge in [-0.2, -0.15) is 0 Å². The van der Waals surface area contributed by atoms with E-state index in [1.807, 2.05) is 6.07 Å². The van der Waals surface area contributed by atoms with Crippen molar-refractivity contribution in [2.75, 3.05) is 26.7 Å². The van der Waals surface area contributed by atoms with Gasteiger partial charge in [-0.3, -0.25) is 0 Å². The van der Waals surface area contributed by atoms with Crippen LogP contribution in [0.25, 0.3) is 0 Å². The van der Waals surface area contributed by atoms with Crippen LogP contribution in [0.3, 0.4) is 0 Å². The van der Waals surface area contributed by atoms with Crippen LogP contribution >= 0.6 is 15.9 Å². The highest BCUT2D eigenvalue weighted by atomic mass is 79.9. The zero-order chi connectivity index (χ0) is 11.4. The van der Waals surface area contributed by atoms with Crippen LogP contribution in [0, 0.1) is 0 Å². The Kier molecular flexibility index (Phi) is 4.24. The third kappa shape index (κ3) is 2.77. The summed E-state index contributed by atoms with van der Waals surface area (Å²) in [4.78, 5) is 2.53. The van der Waals surface area contributed by atoms with Crippen LogP contribution in [0.4, 0.5) is 0 Å². The molecule has 1 aromatic rings. The molecule has 1 heterocycles. The number of benzene rings is 1. The molecule has 0 saturated carbocycles. The largest absolute Gasteiger partial charge is 0.496 e. The van der Waals surface area contributed by atoms with E-state index in [1.54, 1.807) is 7.11 Å². The highest BCUT2D eigenvalue weighted by Gasteiger charge is 2.12. The normalized spacial score (nSPS) is 16.6. The van der Waals surface area contributed by atoms with E-state index >= 15 is 0 Å². The first kappa shape index (κ1) is 11.9. The minimum Gasteiger partial charge on any atom is -0.496 e. The predicted octanol–water partition coefficient (Wildman–Crippen LogP) is 3.10. The van der Waals surface area contributed by atoms with Crippen LogP contribution < -0.4 is 4.74 Å². The number of nitrogens with zero attached hydrogens (tertiary/aromatic N) is 1. The quantitative estimate of drug-likeness (QED) is 0.842. The molecule has 0 spiro atoms. The van der Waals surface area contributed by atoms with Crippen molar-refractivity contribution in [3.63, 3.8) is 0 Å². The Morgan fingerprint density at radius 2 is 2.06 bits per heavy atom. The third-order valence-electron chi connectivity index (χ3n) is 3.16. The molecule has 0 bridgehead atoms. The van der Waals surface area contributed by atoms with E-state index in [1.165, 1.54) is 31.5 Å². The molecule has 1 fully saturated rings. The van der Waals surface area contributed by atoms with Crippen LogP contribution in [0.1, 0.15) is 18.4 Å². The van der Waals surface area contributed by atoms with Crippen LogP contribution in [0.5, 0.6) is 5.75 Å². The molecule has 88 valence electrons. The van der Waals surface area contributed by atoms with E-state index in [4.69, 9.17) is 4.74 Å². The summed E-state index contributed by atoms with van der Waals surface area (Å²) in [6, 6.07) is 6.22. The lowest BCUT2D eigenvalue weighted by Crippen LogP contribution is -2.22.